The zero-order valence-corrected chi connectivity index (χ0v) is 19.1. The third-order valence-electron chi connectivity index (χ3n) is 5.15. The van der Waals surface area contributed by atoms with Gasteiger partial charge in [0.1, 0.15) is 5.01 Å². The van der Waals surface area contributed by atoms with E-state index in [1.165, 1.54) is 15.8 Å². The summed E-state index contributed by atoms with van der Waals surface area (Å²) in [7, 11) is 0. The van der Waals surface area contributed by atoms with E-state index in [9.17, 15) is 4.79 Å². The number of amides is 1. The number of hydrogen-bond acceptors (Lipinski definition) is 3. The van der Waals surface area contributed by atoms with Crippen LogP contribution < -0.4 is 5.32 Å². The molecule has 0 atom stereocenters. The van der Waals surface area contributed by atoms with Gasteiger partial charge in [-0.1, -0.05) is 51.1 Å². The molecular weight excluding hydrogens is 400 g/mol. The van der Waals surface area contributed by atoms with E-state index in [2.05, 4.69) is 63.3 Å². The quantitative estimate of drug-likeness (QED) is 0.350. The van der Waals surface area contributed by atoms with E-state index in [1.54, 1.807) is 17.4 Å². The third kappa shape index (κ3) is 5.09. The molecule has 1 heterocycles. The maximum atomic E-state index is 12.3. The number of carbonyl (C=O) groups excluding carboxylic acids is 1. The molecule has 1 aromatic heterocycles. The maximum Gasteiger partial charge on any atom is 0.248 e. The molecule has 0 aliphatic carbocycles. The Morgan fingerprint density at radius 1 is 0.968 bits per heavy atom. The summed E-state index contributed by atoms with van der Waals surface area (Å²) in [4.78, 5) is 17.0. The van der Waals surface area contributed by atoms with Crippen LogP contribution in [-0.4, -0.2) is 10.9 Å². The molecule has 0 saturated heterocycles. The second-order valence-corrected chi connectivity index (χ2v) is 9.79. The van der Waals surface area contributed by atoms with Crippen LogP contribution in [0.25, 0.3) is 26.9 Å². The van der Waals surface area contributed by atoms with Crippen LogP contribution in [0.1, 0.15) is 37.5 Å². The normalized spacial score (nSPS) is 11.9. The Morgan fingerprint density at radius 2 is 1.68 bits per heavy atom. The van der Waals surface area contributed by atoms with Crippen molar-refractivity contribution in [1.29, 1.82) is 0 Å². The predicted molar refractivity (Wildman–Crippen MR) is 133 cm³/mol. The zero-order valence-electron chi connectivity index (χ0n) is 18.3. The summed E-state index contributed by atoms with van der Waals surface area (Å²) in [5, 5.41) is 3.90. The van der Waals surface area contributed by atoms with Crippen molar-refractivity contribution in [2.45, 2.75) is 33.1 Å². The minimum Gasteiger partial charge on any atom is -0.323 e. The largest absolute Gasteiger partial charge is 0.323 e. The molecule has 4 rings (SSSR count). The SMILES string of the molecule is Cc1ccc2nc(-c3ccc(NC(=O)/C=C/c4ccc(C(C)(C)C)cc4)cc3)sc2c1. The first-order valence-corrected chi connectivity index (χ1v) is 11.2. The number of benzene rings is 3. The van der Waals surface area contributed by atoms with E-state index in [-0.39, 0.29) is 11.3 Å². The standard InChI is InChI=1S/C27H26N2OS/c1-18-5-15-23-24(17-18)31-26(29-23)20-9-13-22(14-10-20)28-25(30)16-8-19-6-11-21(12-7-19)27(2,3)4/h5-17H,1-4H3,(H,28,30)/b16-8+. The average molecular weight is 427 g/mol. The van der Waals surface area contributed by atoms with Crippen molar-refractivity contribution in [3.8, 4) is 10.6 Å². The Kier molecular flexibility index (Phi) is 5.75. The number of thiazole rings is 1. The van der Waals surface area contributed by atoms with Crippen LogP contribution >= 0.6 is 11.3 Å². The van der Waals surface area contributed by atoms with Crippen LogP contribution in [0.3, 0.4) is 0 Å². The monoisotopic (exact) mass is 426 g/mol. The lowest BCUT2D eigenvalue weighted by Gasteiger charge is -2.18. The summed E-state index contributed by atoms with van der Waals surface area (Å²) in [5.74, 6) is -0.150. The lowest BCUT2D eigenvalue weighted by Crippen LogP contribution is -2.10. The maximum absolute atomic E-state index is 12.3. The third-order valence-corrected chi connectivity index (χ3v) is 6.21. The number of aromatic nitrogens is 1. The molecule has 0 fully saturated rings. The highest BCUT2D eigenvalue weighted by Crippen LogP contribution is 2.31. The summed E-state index contributed by atoms with van der Waals surface area (Å²) in [6.45, 7) is 8.66. The molecule has 4 heteroatoms. The van der Waals surface area contributed by atoms with Gasteiger partial charge in [-0.3, -0.25) is 4.79 Å². The highest BCUT2D eigenvalue weighted by molar-refractivity contribution is 7.21. The van der Waals surface area contributed by atoms with Gasteiger partial charge in [0.25, 0.3) is 0 Å². The fraction of sp³-hybridized carbons (Fsp3) is 0.185. The van der Waals surface area contributed by atoms with E-state index in [0.717, 1.165) is 27.3 Å². The van der Waals surface area contributed by atoms with Gasteiger partial charge < -0.3 is 5.32 Å². The summed E-state index contributed by atoms with van der Waals surface area (Å²) in [5.41, 5.74) is 6.46. The van der Waals surface area contributed by atoms with Gasteiger partial charge in [0.2, 0.25) is 5.91 Å². The first kappa shape index (κ1) is 21.0. The van der Waals surface area contributed by atoms with Gasteiger partial charge in [0.15, 0.2) is 0 Å². The number of hydrogen-bond donors (Lipinski definition) is 1. The lowest BCUT2D eigenvalue weighted by atomic mass is 9.87. The van der Waals surface area contributed by atoms with Gasteiger partial charge in [-0.05, 0) is 71.5 Å². The van der Waals surface area contributed by atoms with Gasteiger partial charge in [0, 0.05) is 17.3 Å². The van der Waals surface area contributed by atoms with Crippen LogP contribution in [0.4, 0.5) is 5.69 Å². The van der Waals surface area contributed by atoms with E-state index in [4.69, 9.17) is 4.98 Å². The Labute approximate surface area is 187 Å². The van der Waals surface area contributed by atoms with E-state index in [0.29, 0.717) is 0 Å². The summed E-state index contributed by atoms with van der Waals surface area (Å²) >= 11 is 1.68. The second-order valence-electron chi connectivity index (χ2n) is 8.76. The molecule has 0 unspecified atom stereocenters. The number of fused-ring (bicyclic) bond motifs is 1. The average Bonchev–Trinajstić information content (AvgIpc) is 3.15. The summed E-state index contributed by atoms with van der Waals surface area (Å²) in [6, 6.07) is 22.4. The van der Waals surface area contributed by atoms with Crippen molar-refractivity contribution in [2.24, 2.45) is 0 Å². The predicted octanol–water partition coefficient (Wildman–Crippen LogP) is 7.22. The van der Waals surface area contributed by atoms with Crippen molar-refractivity contribution < 1.29 is 4.79 Å². The van der Waals surface area contributed by atoms with Gasteiger partial charge in [0.05, 0.1) is 10.2 Å². The molecule has 1 N–H and O–H groups in total. The molecule has 0 radical (unpaired) electrons. The molecular formula is C27H26N2OS. The highest BCUT2D eigenvalue weighted by atomic mass is 32.1. The molecule has 0 bridgehead atoms. The summed E-state index contributed by atoms with van der Waals surface area (Å²) < 4.78 is 1.19. The number of aryl methyl sites for hydroxylation is 1. The Hall–Kier alpha value is -3.24. The van der Waals surface area contributed by atoms with Crippen molar-refractivity contribution in [1.82, 2.24) is 4.98 Å². The number of anilines is 1. The molecule has 0 spiro atoms. The molecule has 0 saturated carbocycles. The van der Waals surface area contributed by atoms with Crippen LogP contribution in [0.15, 0.2) is 72.8 Å². The van der Waals surface area contributed by atoms with E-state index >= 15 is 0 Å². The molecule has 156 valence electrons. The Balaban J connectivity index is 1.41. The second kappa shape index (κ2) is 8.48. The molecule has 1 amide bonds. The fourth-order valence-corrected chi connectivity index (χ4v) is 4.37. The van der Waals surface area contributed by atoms with Crippen LogP contribution in [0, 0.1) is 6.92 Å². The van der Waals surface area contributed by atoms with Gasteiger partial charge in [-0.25, -0.2) is 4.98 Å². The first-order valence-electron chi connectivity index (χ1n) is 10.4. The van der Waals surface area contributed by atoms with E-state index < -0.39 is 0 Å². The van der Waals surface area contributed by atoms with Crippen molar-refractivity contribution in [2.75, 3.05) is 5.32 Å². The molecule has 3 aromatic carbocycles. The Bertz CT molecular complexity index is 1240. The fourth-order valence-electron chi connectivity index (χ4n) is 3.30. The Morgan fingerprint density at radius 3 is 2.35 bits per heavy atom. The minimum absolute atomic E-state index is 0.121. The minimum atomic E-state index is -0.150. The molecule has 3 nitrogen and oxygen atoms in total. The van der Waals surface area contributed by atoms with Gasteiger partial charge in [-0.2, -0.15) is 0 Å². The zero-order chi connectivity index (χ0) is 22.0. The van der Waals surface area contributed by atoms with Crippen molar-refractivity contribution in [3.63, 3.8) is 0 Å². The van der Waals surface area contributed by atoms with Gasteiger partial charge >= 0.3 is 0 Å². The number of carbonyl (C=O) groups is 1. The van der Waals surface area contributed by atoms with Crippen LogP contribution in [-0.2, 0) is 10.2 Å². The smallest absolute Gasteiger partial charge is 0.248 e. The summed E-state index contributed by atoms with van der Waals surface area (Å²) in [6.07, 6.45) is 3.40. The highest BCUT2D eigenvalue weighted by Gasteiger charge is 2.12. The number of rotatable bonds is 4. The molecule has 0 aliphatic heterocycles. The van der Waals surface area contributed by atoms with Crippen molar-refractivity contribution in [3.05, 3.63) is 89.5 Å². The topological polar surface area (TPSA) is 42.0 Å². The van der Waals surface area contributed by atoms with Gasteiger partial charge in [-0.15, -0.1) is 11.3 Å². The van der Waals surface area contributed by atoms with Crippen LogP contribution in [0.2, 0.25) is 0 Å². The number of nitrogens with one attached hydrogen (secondary N) is 1. The molecule has 31 heavy (non-hydrogen) atoms. The van der Waals surface area contributed by atoms with Crippen molar-refractivity contribution >= 4 is 39.2 Å². The van der Waals surface area contributed by atoms with Crippen LogP contribution in [0.5, 0.6) is 0 Å². The molecule has 4 aromatic rings. The molecule has 0 aliphatic rings. The van der Waals surface area contributed by atoms with E-state index in [1.807, 2.05) is 42.5 Å². The first-order chi connectivity index (χ1) is 14.8. The lowest BCUT2D eigenvalue weighted by molar-refractivity contribution is -0.111. The number of nitrogens with zero attached hydrogens (tertiary/aromatic N) is 1.